The summed E-state index contributed by atoms with van der Waals surface area (Å²) in [6.45, 7) is 3.86. The van der Waals surface area contributed by atoms with E-state index >= 15 is 0 Å². The number of para-hydroxylation sites is 2. The van der Waals surface area contributed by atoms with Gasteiger partial charge >= 0.3 is 0 Å². The number of sulfonamides is 1. The minimum Gasteiger partial charge on any atom is -0.495 e. The molecular weight excluding hydrogens is 342 g/mol. The summed E-state index contributed by atoms with van der Waals surface area (Å²) < 4.78 is 34.8. The van der Waals surface area contributed by atoms with Crippen molar-refractivity contribution < 1.29 is 17.9 Å². The first-order valence-electron chi connectivity index (χ1n) is 8.11. The van der Waals surface area contributed by atoms with Gasteiger partial charge in [0.05, 0.1) is 12.8 Å². The average molecular weight is 363 g/mol. The number of ether oxygens (including phenoxy) is 1. The normalized spacial score (nSPS) is 14.3. The molecule has 8 heteroatoms. The number of carbonyl (C=O) groups is 1. The van der Waals surface area contributed by atoms with Gasteiger partial charge in [0.25, 0.3) is 15.9 Å². The highest BCUT2D eigenvalue weighted by Crippen LogP contribution is 2.27. The molecule has 0 saturated carbocycles. The molecule has 0 aliphatic carbocycles. The molecule has 2 heterocycles. The van der Waals surface area contributed by atoms with Gasteiger partial charge in [-0.05, 0) is 24.6 Å². The van der Waals surface area contributed by atoms with Gasteiger partial charge in [0, 0.05) is 25.8 Å². The van der Waals surface area contributed by atoms with Crippen molar-refractivity contribution in [2.45, 2.75) is 24.8 Å². The Balaban J connectivity index is 1.90. The van der Waals surface area contributed by atoms with Crippen molar-refractivity contribution in [3.05, 3.63) is 42.2 Å². The predicted molar refractivity (Wildman–Crippen MR) is 94.4 cm³/mol. The first-order chi connectivity index (χ1) is 12.0. The highest BCUT2D eigenvalue weighted by molar-refractivity contribution is 7.92. The number of anilines is 1. The van der Waals surface area contributed by atoms with E-state index in [1.165, 1.54) is 19.4 Å². The second-order valence-electron chi connectivity index (χ2n) is 5.85. The van der Waals surface area contributed by atoms with Crippen molar-refractivity contribution >= 4 is 21.6 Å². The van der Waals surface area contributed by atoms with Gasteiger partial charge in [0.15, 0.2) is 0 Å². The van der Waals surface area contributed by atoms with Gasteiger partial charge in [-0.15, -0.1) is 0 Å². The fourth-order valence-corrected chi connectivity index (χ4v) is 4.01. The highest BCUT2D eigenvalue weighted by Gasteiger charge is 2.28. The maximum Gasteiger partial charge on any atom is 0.270 e. The number of methoxy groups -OCH3 is 1. The number of nitrogens with one attached hydrogen (secondary N) is 1. The number of aromatic nitrogens is 1. The van der Waals surface area contributed by atoms with Gasteiger partial charge in [0.1, 0.15) is 16.3 Å². The van der Waals surface area contributed by atoms with Crippen molar-refractivity contribution in [2.24, 2.45) is 0 Å². The zero-order valence-electron chi connectivity index (χ0n) is 14.2. The van der Waals surface area contributed by atoms with Gasteiger partial charge < -0.3 is 14.2 Å². The summed E-state index contributed by atoms with van der Waals surface area (Å²) in [6.07, 6.45) is 2.38. The SMILES string of the molecule is CCCN1CCn2cc(S(=O)(=O)Nc3ccccc3OC)cc2C1=O. The van der Waals surface area contributed by atoms with Crippen LogP contribution in [0, 0.1) is 0 Å². The largest absolute Gasteiger partial charge is 0.495 e. The Kier molecular flexibility index (Phi) is 4.71. The molecule has 1 aromatic carbocycles. The van der Waals surface area contributed by atoms with Gasteiger partial charge in [-0.3, -0.25) is 9.52 Å². The predicted octanol–water partition coefficient (Wildman–Crippen LogP) is 2.16. The van der Waals surface area contributed by atoms with Crippen molar-refractivity contribution in [3.8, 4) is 5.75 Å². The number of fused-ring (bicyclic) bond motifs is 1. The standard InChI is InChI=1S/C17H21N3O4S/c1-3-8-19-9-10-20-12-13(11-15(20)17(19)21)25(22,23)18-14-6-4-5-7-16(14)24-2/h4-7,11-12,18H,3,8-10H2,1-2H3. The molecule has 2 aromatic rings. The average Bonchev–Trinajstić information content (AvgIpc) is 3.04. The van der Waals surface area contributed by atoms with Gasteiger partial charge in [-0.25, -0.2) is 8.42 Å². The van der Waals surface area contributed by atoms with Gasteiger partial charge in [-0.1, -0.05) is 19.1 Å². The minimum absolute atomic E-state index is 0.0695. The number of amides is 1. The summed E-state index contributed by atoms with van der Waals surface area (Å²) in [4.78, 5) is 14.3. The topological polar surface area (TPSA) is 80.6 Å². The van der Waals surface area contributed by atoms with Crippen LogP contribution in [-0.2, 0) is 16.6 Å². The lowest BCUT2D eigenvalue weighted by Gasteiger charge is -2.27. The lowest BCUT2D eigenvalue weighted by molar-refractivity contribution is 0.0705. The summed E-state index contributed by atoms with van der Waals surface area (Å²) in [5, 5.41) is 0. The molecule has 7 nitrogen and oxygen atoms in total. The van der Waals surface area contributed by atoms with E-state index in [1.54, 1.807) is 33.7 Å². The number of nitrogens with zero attached hydrogens (tertiary/aromatic N) is 2. The maximum atomic E-state index is 12.7. The second-order valence-corrected chi connectivity index (χ2v) is 7.53. The first-order valence-corrected chi connectivity index (χ1v) is 9.60. The van der Waals surface area contributed by atoms with Crippen LogP contribution in [0.15, 0.2) is 41.4 Å². The third-order valence-electron chi connectivity index (χ3n) is 4.14. The van der Waals surface area contributed by atoms with Crippen LogP contribution < -0.4 is 9.46 Å². The van der Waals surface area contributed by atoms with E-state index in [0.717, 1.165) is 6.42 Å². The van der Waals surface area contributed by atoms with E-state index < -0.39 is 10.0 Å². The maximum absolute atomic E-state index is 12.7. The quantitative estimate of drug-likeness (QED) is 0.853. The number of hydrogen-bond donors (Lipinski definition) is 1. The summed E-state index contributed by atoms with van der Waals surface area (Å²) in [7, 11) is -2.34. The molecule has 1 aromatic heterocycles. The zero-order valence-corrected chi connectivity index (χ0v) is 15.0. The van der Waals surface area contributed by atoms with Crippen LogP contribution in [-0.4, -0.2) is 44.0 Å². The molecule has 0 spiro atoms. The Labute approximate surface area is 147 Å². The van der Waals surface area contributed by atoms with Crippen LogP contribution >= 0.6 is 0 Å². The lowest BCUT2D eigenvalue weighted by atomic mass is 10.2. The Morgan fingerprint density at radius 2 is 2.00 bits per heavy atom. The van der Waals surface area contributed by atoms with E-state index in [4.69, 9.17) is 4.74 Å². The van der Waals surface area contributed by atoms with E-state index in [-0.39, 0.29) is 10.8 Å². The molecule has 25 heavy (non-hydrogen) atoms. The molecule has 0 saturated heterocycles. The molecule has 0 unspecified atom stereocenters. The van der Waals surface area contributed by atoms with E-state index in [2.05, 4.69) is 4.72 Å². The van der Waals surface area contributed by atoms with Gasteiger partial charge in [-0.2, -0.15) is 0 Å². The van der Waals surface area contributed by atoms with E-state index in [0.29, 0.717) is 36.8 Å². The van der Waals surface area contributed by atoms with Crippen LogP contribution in [0.4, 0.5) is 5.69 Å². The Morgan fingerprint density at radius 1 is 1.24 bits per heavy atom. The van der Waals surface area contributed by atoms with E-state index in [1.807, 2.05) is 6.92 Å². The number of carbonyl (C=O) groups excluding carboxylic acids is 1. The molecule has 0 fully saturated rings. The molecule has 1 aliphatic heterocycles. The first kappa shape index (κ1) is 17.3. The molecule has 0 radical (unpaired) electrons. The second kappa shape index (κ2) is 6.79. The molecule has 3 rings (SSSR count). The number of benzene rings is 1. The highest BCUT2D eigenvalue weighted by atomic mass is 32.2. The summed E-state index contributed by atoms with van der Waals surface area (Å²) in [6, 6.07) is 8.21. The van der Waals surface area contributed by atoms with Crippen molar-refractivity contribution in [1.29, 1.82) is 0 Å². The van der Waals surface area contributed by atoms with Crippen molar-refractivity contribution in [1.82, 2.24) is 9.47 Å². The molecule has 134 valence electrons. The molecule has 0 atom stereocenters. The Morgan fingerprint density at radius 3 is 2.72 bits per heavy atom. The third-order valence-corrected chi connectivity index (χ3v) is 5.48. The Hall–Kier alpha value is -2.48. The zero-order chi connectivity index (χ0) is 18.0. The fourth-order valence-electron chi connectivity index (χ4n) is 2.90. The smallest absolute Gasteiger partial charge is 0.270 e. The molecule has 1 aliphatic rings. The van der Waals surface area contributed by atoms with Crippen LogP contribution in [0.2, 0.25) is 0 Å². The van der Waals surface area contributed by atoms with E-state index in [9.17, 15) is 13.2 Å². The third kappa shape index (κ3) is 3.34. The lowest BCUT2D eigenvalue weighted by Crippen LogP contribution is -2.40. The fraction of sp³-hybridized carbons (Fsp3) is 0.353. The van der Waals surface area contributed by atoms with Crippen molar-refractivity contribution in [2.75, 3.05) is 24.9 Å². The molecular formula is C17H21N3O4S. The van der Waals surface area contributed by atoms with Crippen LogP contribution in [0.1, 0.15) is 23.8 Å². The number of rotatable bonds is 6. The van der Waals surface area contributed by atoms with Crippen LogP contribution in [0.3, 0.4) is 0 Å². The summed E-state index contributed by atoms with van der Waals surface area (Å²) in [5.41, 5.74) is 0.758. The van der Waals surface area contributed by atoms with Crippen LogP contribution in [0.5, 0.6) is 5.75 Å². The van der Waals surface area contributed by atoms with Crippen molar-refractivity contribution in [3.63, 3.8) is 0 Å². The Bertz CT molecular complexity index is 889. The summed E-state index contributed by atoms with van der Waals surface area (Å²) >= 11 is 0. The van der Waals surface area contributed by atoms with Crippen LogP contribution in [0.25, 0.3) is 0 Å². The summed E-state index contributed by atoms with van der Waals surface area (Å²) in [5.74, 6) is 0.298. The monoisotopic (exact) mass is 363 g/mol. The van der Waals surface area contributed by atoms with Gasteiger partial charge in [0.2, 0.25) is 0 Å². The molecule has 1 amide bonds. The minimum atomic E-state index is -3.81. The number of hydrogen-bond acceptors (Lipinski definition) is 4. The molecule has 0 bridgehead atoms. The molecule has 1 N–H and O–H groups in total.